The van der Waals surface area contributed by atoms with E-state index in [4.69, 9.17) is 0 Å². The Balaban J connectivity index is 1.47. The van der Waals surface area contributed by atoms with Gasteiger partial charge in [0.25, 0.3) is 5.91 Å². The molecule has 3 N–H and O–H groups in total. The minimum Gasteiger partial charge on any atom is -0.342 e. The van der Waals surface area contributed by atoms with Crippen molar-refractivity contribution in [1.29, 1.82) is 0 Å². The summed E-state index contributed by atoms with van der Waals surface area (Å²) in [4.78, 5) is 25.1. The Bertz CT molecular complexity index is 807. The Labute approximate surface area is 156 Å². The number of amides is 2. The normalized spacial score (nSPS) is 14.4. The number of carbonyl (C=O) groups excluding carboxylic acids is 2. The van der Waals surface area contributed by atoms with Gasteiger partial charge in [0.1, 0.15) is 18.2 Å². The molecule has 1 aliphatic rings. The molecule has 0 bridgehead atoms. The van der Waals surface area contributed by atoms with Crippen LogP contribution in [-0.2, 0) is 16.1 Å². The van der Waals surface area contributed by atoms with Crippen molar-refractivity contribution in [3.8, 4) is 0 Å². The van der Waals surface area contributed by atoms with Crippen molar-refractivity contribution in [2.45, 2.75) is 25.4 Å². The second-order valence-corrected chi connectivity index (χ2v) is 6.71. The van der Waals surface area contributed by atoms with Crippen LogP contribution >= 0.6 is 0 Å². The Hall–Kier alpha value is -2.80. The van der Waals surface area contributed by atoms with Gasteiger partial charge in [-0.2, -0.15) is 0 Å². The van der Waals surface area contributed by atoms with Crippen molar-refractivity contribution in [3.05, 3.63) is 65.7 Å². The van der Waals surface area contributed by atoms with Crippen LogP contribution in [0.5, 0.6) is 0 Å². The van der Waals surface area contributed by atoms with Crippen LogP contribution in [0.3, 0.4) is 0 Å². The number of hydrogen-bond donors (Lipinski definition) is 3. The molecule has 0 heterocycles. The average molecular weight is 374 g/mol. The SMILES string of the molecule is O=C(C[NH+](Cc1ccccc1F)C1CC1)NCC(=O)Nc1ccc(F)cc1. The molecule has 27 heavy (non-hydrogen) atoms. The van der Waals surface area contributed by atoms with Crippen molar-refractivity contribution in [2.75, 3.05) is 18.4 Å². The third-order valence-corrected chi connectivity index (χ3v) is 4.49. The predicted molar refractivity (Wildman–Crippen MR) is 97.0 cm³/mol. The Morgan fingerprint density at radius 2 is 1.70 bits per heavy atom. The Morgan fingerprint density at radius 1 is 1.00 bits per heavy atom. The molecular weight excluding hydrogens is 352 g/mol. The highest BCUT2D eigenvalue weighted by Crippen LogP contribution is 2.16. The van der Waals surface area contributed by atoms with Gasteiger partial charge in [-0.15, -0.1) is 0 Å². The summed E-state index contributed by atoms with van der Waals surface area (Å²) in [7, 11) is 0. The van der Waals surface area contributed by atoms with E-state index < -0.39 is 5.91 Å². The molecule has 0 radical (unpaired) electrons. The van der Waals surface area contributed by atoms with Crippen molar-refractivity contribution >= 4 is 17.5 Å². The van der Waals surface area contributed by atoms with E-state index in [9.17, 15) is 18.4 Å². The van der Waals surface area contributed by atoms with E-state index in [1.165, 1.54) is 30.3 Å². The standard InChI is InChI=1S/C20H21F2N3O2/c21-15-5-7-16(8-6-15)24-19(26)11-23-20(27)13-25(17-9-10-17)12-14-3-1-2-4-18(14)22/h1-8,17H,9-13H2,(H,23,27)(H,24,26)/p+1. The zero-order valence-corrected chi connectivity index (χ0v) is 14.8. The molecule has 1 unspecified atom stereocenters. The van der Waals surface area contributed by atoms with Gasteiger partial charge in [0.2, 0.25) is 5.91 Å². The van der Waals surface area contributed by atoms with Gasteiger partial charge in [0.15, 0.2) is 6.54 Å². The highest BCUT2D eigenvalue weighted by molar-refractivity contribution is 5.94. The highest BCUT2D eigenvalue weighted by atomic mass is 19.1. The van der Waals surface area contributed by atoms with E-state index in [1.807, 2.05) is 0 Å². The Kier molecular flexibility index (Phi) is 6.13. The van der Waals surface area contributed by atoms with Gasteiger partial charge in [-0.05, 0) is 30.3 Å². The first kappa shape index (κ1) is 19.0. The lowest BCUT2D eigenvalue weighted by Crippen LogP contribution is -3.13. The van der Waals surface area contributed by atoms with Crippen LogP contribution < -0.4 is 15.5 Å². The molecule has 1 fully saturated rings. The van der Waals surface area contributed by atoms with Crippen LogP contribution in [0.2, 0.25) is 0 Å². The zero-order chi connectivity index (χ0) is 19.2. The molecule has 0 aliphatic heterocycles. The lowest BCUT2D eigenvalue weighted by molar-refractivity contribution is -0.917. The number of carbonyl (C=O) groups is 2. The molecular formula is C20H22F2N3O2+. The number of hydrogen-bond acceptors (Lipinski definition) is 2. The molecule has 0 saturated heterocycles. The summed E-state index contributed by atoms with van der Waals surface area (Å²) in [5, 5.41) is 5.17. The summed E-state index contributed by atoms with van der Waals surface area (Å²) in [6.45, 7) is 0.448. The molecule has 0 aromatic heterocycles. The second kappa shape index (κ2) is 8.73. The minimum atomic E-state index is -0.392. The van der Waals surface area contributed by atoms with E-state index in [-0.39, 0.29) is 30.6 Å². The number of quaternary nitrogens is 1. The van der Waals surface area contributed by atoms with Crippen LogP contribution in [0.4, 0.5) is 14.5 Å². The maximum atomic E-state index is 13.9. The van der Waals surface area contributed by atoms with Crippen LogP contribution in [0.25, 0.3) is 0 Å². The monoisotopic (exact) mass is 374 g/mol. The molecule has 5 nitrogen and oxygen atoms in total. The maximum absolute atomic E-state index is 13.9. The molecule has 1 saturated carbocycles. The summed E-state index contributed by atoms with van der Waals surface area (Å²) < 4.78 is 26.7. The Morgan fingerprint density at radius 3 is 2.37 bits per heavy atom. The second-order valence-electron chi connectivity index (χ2n) is 6.71. The fourth-order valence-electron chi connectivity index (χ4n) is 2.92. The summed E-state index contributed by atoms with van der Waals surface area (Å²) in [5.41, 5.74) is 1.04. The summed E-state index contributed by atoms with van der Waals surface area (Å²) in [6.07, 6.45) is 2.03. The third kappa shape index (κ3) is 5.86. The van der Waals surface area contributed by atoms with E-state index in [0.717, 1.165) is 17.7 Å². The lowest BCUT2D eigenvalue weighted by Gasteiger charge is -2.19. The number of rotatable bonds is 8. The quantitative estimate of drug-likeness (QED) is 0.652. The van der Waals surface area contributed by atoms with Crippen molar-refractivity contribution in [3.63, 3.8) is 0 Å². The number of anilines is 1. The molecule has 1 atom stereocenters. The number of halogens is 2. The minimum absolute atomic E-state index is 0.173. The first-order chi connectivity index (χ1) is 13.0. The summed E-state index contributed by atoms with van der Waals surface area (Å²) in [6, 6.07) is 12.3. The third-order valence-electron chi connectivity index (χ3n) is 4.49. The topological polar surface area (TPSA) is 62.6 Å². The largest absolute Gasteiger partial charge is 0.342 e. The van der Waals surface area contributed by atoms with Crippen LogP contribution in [0.15, 0.2) is 48.5 Å². The van der Waals surface area contributed by atoms with Gasteiger partial charge < -0.3 is 15.5 Å². The molecule has 2 amide bonds. The van der Waals surface area contributed by atoms with Crippen LogP contribution in [0.1, 0.15) is 18.4 Å². The first-order valence-corrected chi connectivity index (χ1v) is 8.91. The smallest absolute Gasteiger partial charge is 0.275 e. The molecule has 0 spiro atoms. The van der Waals surface area contributed by atoms with E-state index in [0.29, 0.717) is 23.8 Å². The van der Waals surface area contributed by atoms with E-state index in [1.54, 1.807) is 18.2 Å². The molecule has 7 heteroatoms. The number of nitrogens with one attached hydrogen (secondary N) is 3. The van der Waals surface area contributed by atoms with Crippen molar-refractivity contribution in [2.24, 2.45) is 0 Å². The maximum Gasteiger partial charge on any atom is 0.275 e. The summed E-state index contributed by atoms with van der Waals surface area (Å²) >= 11 is 0. The fourth-order valence-corrected chi connectivity index (χ4v) is 2.92. The predicted octanol–water partition coefficient (Wildman–Crippen LogP) is 1.27. The van der Waals surface area contributed by atoms with Crippen LogP contribution in [0, 0.1) is 11.6 Å². The molecule has 2 aromatic rings. The molecule has 2 aromatic carbocycles. The van der Waals surface area contributed by atoms with Gasteiger partial charge in [0, 0.05) is 24.1 Å². The van der Waals surface area contributed by atoms with E-state index in [2.05, 4.69) is 10.6 Å². The lowest BCUT2D eigenvalue weighted by atomic mass is 10.2. The molecule has 1 aliphatic carbocycles. The summed E-state index contributed by atoms with van der Waals surface area (Å²) in [5.74, 6) is -1.31. The van der Waals surface area contributed by atoms with Crippen molar-refractivity contribution in [1.82, 2.24) is 5.32 Å². The van der Waals surface area contributed by atoms with Gasteiger partial charge in [-0.25, -0.2) is 8.78 Å². The zero-order valence-electron chi connectivity index (χ0n) is 14.8. The van der Waals surface area contributed by atoms with Crippen LogP contribution in [-0.4, -0.2) is 30.9 Å². The first-order valence-electron chi connectivity index (χ1n) is 8.91. The van der Waals surface area contributed by atoms with Gasteiger partial charge in [-0.1, -0.05) is 18.2 Å². The van der Waals surface area contributed by atoms with Gasteiger partial charge in [0.05, 0.1) is 12.6 Å². The molecule has 3 rings (SSSR count). The average Bonchev–Trinajstić information content (AvgIpc) is 3.48. The fraction of sp³-hybridized carbons (Fsp3) is 0.300. The number of benzene rings is 2. The van der Waals surface area contributed by atoms with Crippen molar-refractivity contribution < 1.29 is 23.3 Å². The highest BCUT2D eigenvalue weighted by Gasteiger charge is 2.35. The molecule has 142 valence electrons. The van der Waals surface area contributed by atoms with E-state index >= 15 is 0 Å². The van der Waals surface area contributed by atoms with Gasteiger partial charge >= 0.3 is 0 Å². The van der Waals surface area contributed by atoms with Gasteiger partial charge in [-0.3, -0.25) is 9.59 Å².